The highest BCUT2D eigenvalue weighted by molar-refractivity contribution is 14.0. The van der Waals surface area contributed by atoms with Gasteiger partial charge in [0.25, 0.3) is 0 Å². The fourth-order valence-electron chi connectivity index (χ4n) is 2.59. The van der Waals surface area contributed by atoms with Gasteiger partial charge in [-0.25, -0.2) is 0 Å². The monoisotopic (exact) mass is 515 g/mol. The summed E-state index contributed by atoms with van der Waals surface area (Å²) in [6.07, 6.45) is 0. The molecule has 0 fully saturated rings. The van der Waals surface area contributed by atoms with E-state index in [0.29, 0.717) is 38.0 Å². The highest BCUT2D eigenvalue weighted by Crippen LogP contribution is 2.23. The fraction of sp³-hybridized carbons (Fsp3) is 0.381. The van der Waals surface area contributed by atoms with Crippen molar-refractivity contribution in [1.82, 2.24) is 10.6 Å². The standard InChI is InChI=1S/C21H29N3O4.HI/c1-15-5-6-16(20(11-15)28-10-9-26-3)13-23-21(22-2)24-14-17-12-18(27-4)7-8-19(17)25;/h5-8,11-12,25H,9-10,13-14H2,1-4H3,(H2,22,23,24);1H. The molecule has 0 unspecified atom stereocenters. The minimum atomic E-state index is 0. The first-order chi connectivity index (χ1) is 13.6. The van der Waals surface area contributed by atoms with Gasteiger partial charge in [0.15, 0.2) is 5.96 Å². The maximum Gasteiger partial charge on any atom is 0.191 e. The van der Waals surface area contributed by atoms with E-state index in [1.807, 2.05) is 25.1 Å². The van der Waals surface area contributed by atoms with Crippen LogP contribution in [0.1, 0.15) is 16.7 Å². The van der Waals surface area contributed by atoms with Crippen molar-refractivity contribution in [1.29, 1.82) is 0 Å². The van der Waals surface area contributed by atoms with E-state index in [4.69, 9.17) is 14.2 Å². The van der Waals surface area contributed by atoms with E-state index in [-0.39, 0.29) is 29.7 Å². The van der Waals surface area contributed by atoms with Crippen LogP contribution in [0.3, 0.4) is 0 Å². The number of benzene rings is 2. The second kappa shape index (κ2) is 13.1. The van der Waals surface area contributed by atoms with Gasteiger partial charge in [-0.2, -0.15) is 0 Å². The number of aryl methyl sites for hydroxylation is 1. The Balaban J connectivity index is 0.00000420. The van der Waals surface area contributed by atoms with Crippen molar-refractivity contribution in [2.75, 3.05) is 34.5 Å². The lowest BCUT2D eigenvalue weighted by Crippen LogP contribution is -2.36. The molecule has 8 heteroatoms. The molecule has 0 aliphatic rings. The average molecular weight is 515 g/mol. The summed E-state index contributed by atoms with van der Waals surface area (Å²) in [5, 5.41) is 16.5. The molecule has 0 saturated heterocycles. The molecular formula is C21H30IN3O4. The van der Waals surface area contributed by atoms with E-state index in [1.165, 1.54) is 0 Å². The minimum Gasteiger partial charge on any atom is -0.508 e. The Bertz CT molecular complexity index is 799. The number of ether oxygens (including phenoxy) is 3. The zero-order chi connectivity index (χ0) is 20.4. The van der Waals surface area contributed by atoms with Crippen LogP contribution in [-0.4, -0.2) is 45.5 Å². The zero-order valence-electron chi connectivity index (χ0n) is 17.3. The topological polar surface area (TPSA) is 84.3 Å². The van der Waals surface area contributed by atoms with Crippen LogP contribution < -0.4 is 20.1 Å². The number of nitrogens with one attached hydrogen (secondary N) is 2. The predicted molar refractivity (Wildman–Crippen MR) is 126 cm³/mol. The number of hydrogen-bond acceptors (Lipinski definition) is 5. The van der Waals surface area contributed by atoms with Crippen LogP contribution >= 0.6 is 24.0 Å². The molecule has 160 valence electrons. The lowest BCUT2D eigenvalue weighted by molar-refractivity contribution is 0.145. The summed E-state index contributed by atoms with van der Waals surface area (Å²) in [6.45, 7) is 4.02. The Kier molecular flexibility index (Phi) is 11.2. The summed E-state index contributed by atoms with van der Waals surface area (Å²) in [7, 11) is 4.95. The fourth-order valence-corrected chi connectivity index (χ4v) is 2.59. The van der Waals surface area contributed by atoms with Gasteiger partial charge >= 0.3 is 0 Å². The molecule has 2 rings (SSSR count). The molecule has 0 aliphatic carbocycles. The Labute approximate surface area is 189 Å². The van der Waals surface area contributed by atoms with E-state index in [0.717, 1.165) is 22.4 Å². The van der Waals surface area contributed by atoms with E-state index in [1.54, 1.807) is 39.5 Å². The molecule has 2 aromatic rings. The highest BCUT2D eigenvalue weighted by Gasteiger charge is 2.08. The predicted octanol–water partition coefficient (Wildman–Crippen LogP) is 3.22. The number of guanidine groups is 1. The van der Waals surface area contributed by atoms with Crippen LogP contribution in [-0.2, 0) is 17.8 Å². The van der Waals surface area contributed by atoms with Gasteiger partial charge in [-0.3, -0.25) is 4.99 Å². The zero-order valence-corrected chi connectivity index (χ0v) is 19.7. The average Bonchev–Trinajstić information content (AvgIpc) is 2.70. The molecule has 0 spiro atoms. The van der Waals surface area contributed by atoms with Crippen LogP contribution in [0.4, 0.5) is 0 Å². The molecule has 0 amide bonds. The Morgan fingerprint density at radius 1 is 1.00 bits per heavy atom. The maximum atomic E-state index is 10.0. The van der Waals surface area contributed by atoms with Crippen LogP contribution in [0.25, 0.3) is 0 Å². The number of phenols is 1. The summed E-state index contributed by atoms with van der Waals surface area (Å²) in [6, 6.07) is 11.2. The molecule has 3 N–H and O–H groups in total. The Hall–Kier alpha value is -2.20. The number of aliphatic imine (C=N–C) groups is 1. The van der Waals surface area contributed by atoms with Crippen molar-refractivity contribution in [2.45, 2.75) is 20.0 Å². The van der Waals surface area contributed by atoms with Gasteiger partial charge in [0, 0.05) is 38.4 Å². The van der Waals surface area contributed by atoms with E-state index in [2.05, 4.69) is 15.6 Å². The van der Waals surface area contributed by atoms with Gasteiger partial charge in [-0.05, 0) is 36.8 Å². The Morgan fingerprint density at radius 2 is 1.72 bits per heavy atom. The van der Waals surface area contributed by atoms with Crippen LogP contribution in [0.15, 0.2) is 41.4 Å². The van der Waals surface area contributed by atoms with Gasteiger partial charge in [0.05, 0.1) is 13.7 Å². The van der Waals surface area contributed by atoms with Gasteiger partial charge < -0.3 is 30.0 Å². The number of aromatic hydroxyl groups is 1. The van der Waals surface area contributed by atoms with Gasteiger partial charge in [0.2, 0.25) is 0 Å². The smallest absolute Gasteiger partial charge is 0.191 e. The second-order valence-corrected chi connectivity index (χ2v) is 6.23. The number of phenolic OH excluding ortho intramolecular Hbond substituents is 1. The van der Waals surface area contributed by atoms with Crippen molar-refractivity contribution < 1.29 is 19.3 Å². The molecule has 0 heterocycles. The number of rotatable bonds is 9. The first-order valence-electron chi connectivity index (χ1n) is 9.09. The molecule has 0 atom stereocenters. The first-order valence-corrected chi connectivity index (χ1v) is 9.09. The lowest BCUT2D eigenvalue weighted by Gasteiger charge is -2.16. The molecule has 0 radical (unpaired) electrons. The van der Waals surface area contributed by atoms with Crippen LogP contribution in [0.2, 0.25) is 0 Å². The summed E-state index contributed by atoms with van der Waals surface area (Å²) in [5.74, 6) is 2.34. The largest absolute Gasteiger partial charge is 0.508 e. The van der Waals surface area contributed by atoms with Crippen molar-refractivity contribution in [2.24, 2.45) is 4.99 Å². The third-order valence-electron chi connectivity index (χ3n) is 4.17. The summed E-state index contributed by atoms with van der Waals surface area (Å²) >= 11 is 0. The molecular weight excluding hydrogens is 485 g/mol. The summed E-state index contributed by atoms with van der Waals surface area (Å²) in [5.41, 5.74) is 2.88. The van der Waals surface area contributed by atoms with Crippen molar-refractivity contribution in [3.8, 4) is 17.2 Å². The third-order valence-corrected chi connectivity index (χ3v) is 4.17. The lowest BCUT2D eigenvalue weighted by atomic mass is 10.1. The second-order valence-electron chi connectivity index (χ2n) is 6.23. The number of halogens is 1. The van der Waals surface area contributed by atoms with E-state index < -0.39 is 0 Å². The molecule has 2 aromatic carbocycles. The maximum absolute atomic E-state index is 10.0. The minimum absolute atomic E-state index is 0. The quantitative estimate of drug-likeness (QED) is 0.206. The summed E-state index contributed by atoms with van der Waals surface area (Å²) < 4.78 is 16.1. The molecule has 0 saturated carbocycles. The van der Waals surface area contributed by atoms with Crippen LogP contribution in [0, 0.1) is 6.92 Å². The Morgan fingerprint density at radius 3 is 2.38 bits per heavy atom. The third kappa shape index (κ3) is 7.98. The van der Waals surface area contributed by atoms with Crippen molar-refractivity contribution in [3.63, 3.8) is 0 Å². The van der Waals surface area contributed by atoms with E-state index >= 15 is 0 Å². The SMILES string of the molecule is CN=C(NCc1cc(OC)ccc1O)NCc1ccc(C)cc1OCCOC.I. The summed E-state index contributed by atoms with van der Waals surface area (Å²) in [4.78, 5) is 4.23. The number of methoxy groups -OCH3 is 2. The molecule has 0 bridgehead atoms. The normalized spacial score (nSPS) is 10.8. The van der Waals surface area contributed by atoms with Crippen molar-refractivity contribution >= 4 is 29.9 Å². The molecule has 0 aromatic heterocycles. The van der Waals surface area contributed by atoms with Gasteiger partial charge in [0.1, 0.15) is 23.9 Å². The molecule has 7 nitrogen and oxygen atoms in total. The number of nitrogens with zero attached hydrogens (tertiary/aromatic N) is 1. The molecule has 0 aliphatic heterocycles. The van der Waals surface area contributed by atoms with Crippen molar-refractivity contribution in [3.05, 3.63) is 53.1 Å². The van der Waals surface area contributed by atoms with Gasteiger partial charge in [-0.15, -0.1) is 24.0 Å². The molecule has 29 heavy (non-hydrogen) atoms. The first kappa shape index (κ1) is 24.8. The van der Waals surface area contributed by atoms with Gasteiger partial charge in [-0.1, -0.05) is 12.1 Å². The number of hydrogen-bond donors (Lipinski definition) is 3. The van der Waals surface area contributed by atoms with Crippen LogP contribution in [0.5, 0.6) is 17.2 Å². The highest BCUT2D eigenvalue weighted by atomic mass is 127. The van der Waals surface area contributed by atoms with E-state index in [9.17, 15) is 5.11 Å².